The van der Waals surface area contributed by atoms with E-state index in [1.165, 1.54) is 6.92 Å². The van der Waals surface area contributed by atoms with Gasteiger partial charge in [0.2, 0.25) is 5.91 Å². The smallest absolute Gasteiger partial charge is 0.325 e. The zero-order chi connectivity index (χ0) is 31.5. The first-order valence-electron chi connectivity index (χ1n) is 14.5. The van der Waals surface area contributed by atoms with E-state index in [0.717, 1.165) is 32.8 Å². The summed E-state index contributed by atoms with van der Waals surface area (Å²) in [4.78, 5) is 35.9. The number of hydrogen-bond acceptors (Lipinski definition) is 8. The Morgan fingerprint density at radius 1 is 0.886 bits per heavy atom. The molecule has 0 aliphatic carbocycles. The number of urea groups is 1. The lowest BCUT2D eigenvalue weighted by Gasteiger charge is -2.41. The van der Waals surface area contributed by atoms with E-state index in [4.69, 9.17) is 14.2 Å². The van der Waals surface area contributed by atoms with Crippen molar-refractivity contribution in [2.24, 2.45) is 5.92 Å². The molecule has 4 unspecified atom stereocenters. The lowest BCUT2D eigenvalue weighted by Crippen LogP contribution is -2.39. The van der Waals surface area contributed by atoms with Crippen molar-refractivity contribution in [1.29, 1.82) is 0 Å². The Balaban J connectivity index is 1.43. The van der Waals surface area contributed by atoms with E-state index < -0.39 is 18.3 Å². The summed E-state index contributed by atoms with van der Waals surface area (Å²) in [6.45, 7) is 5.62. The molecule has 0 saturated carbocycles. The quantitative estimate of drug-likeness (QED) is 0.162. The number of carbonyl (C=O) groups is 3. The summed E-state index contributed by atoms with van der Waals surface area (Å²) >= 11 is 1.68. The van der Waals surface area contributed by atoms with Crippen molar-refractivity contribution >= 4 is 35.4 Å². The Morgan fingerprint density at radius 3 is 2.18 bits per heavy atom. The van der Waals surface area contributed by atoms with Crippen molar-refractivity contribution in [2.45, 2.75) is 57.3 Å². The number of nitrogens with one attached hydrogen (secondary N) is 3. The van der Waals surface area contributed by atoms with E-state index in [9.17, 15) is 19.5 Å². The van der Waals surface area contributed by atoms with Gasteiger partial charge in [-0.2, -0.15) is 0 Å². The second kappa shape index (κ2) is 16.2. The van der Waals surface area contributed by atoms with Crippen LogP contribution in [0.25, 0.3) is 0 Å². The first-order valence-corrected chi connectivity index (χ1v) is 15.5. The number of thioether (sulfide) groups is 1. The summed E-state index contributed by atoms with van der Waals surface area (Å²) in [5.74, 6) is 0.121. The predicted octanol–water partition coefficient (Wildman–Crippen LogP) is 5.08. The largest absolute Gasteiger partial charge is 0.465 e. The van der Waals surface area contributed by atoms with Gasteiger partial charge >= 0.3 is 12.0 Å². The topological polar surface area (TPSA) is 135 Å². The molecule has 0 spiro atoms. The molecule has 3 amide bonds. The van der Waals surface area contributed by atoms with Gasteiger partial charge in [0, 0.05) is 41.3 Å². The van der Waals surface area contributed by atoms with Crippen LogP contribution in [0.1, 0.15) is 55.4 Å². The SMILES string of the molecule is CCOC(=O)CNC(=O)NCc1ccc(C2OC(CSc3ccc(NC(C)=O)cc3)C(C)C(c3ccc(CO)cc3)O2)cc1. The van der Waals surface area contributed by atoms with Crippen LogP contribution >= 0.6 is 11.8 Å². The number of rotatable bonds is 12. The van der Waals surface area contributed by atoms with Gasteiger partial charge in [0.25, 0.3) is 0 Å². The highest BCUT2D eigenvalue weighted by molar-refractivity contribution is 7.99. The maximum Gasteiger partial charge on any atom is 0.325 e. The van der Waals surface area contributed by atoms with Gasteiger partial charge in [0.1, 0.15) is 6.54 Å². The average molecular weight is 622 g/mol. The summed E-state index contributed by atoms with van der Waals surface area (Å²) < 4.78 is 17.9. The molecule has 11 heteroatoms. The van der Waals surface area contributed by atoms with Gasteiger partial charge in [0.15, 0.2) is 6.29 Å². The molecule has 3 aromatic carbocycles. The molecule has 1 fully saturated rings. The molecule has 10 nitrogen and oxygen atoms in total. The van der Waals surface area contributed by atoms with Crippen molar-refractivity contribution in [3.05, 3.63) is 95.1 Å². The third-order valence-corrected chi connectivity index (χ3v) is 8.22. The van der Waals surface area contributed by atoms with E-state index in [-0.39, 0.29) is 50.3 Å². The Labute approximate surface area is 261 Å². The average Bonchev–Trinajstić information content (AvgIpc) is 3.03. The molecule has 4 N–H and O–H groups in total. The van der Waals surface area contributed by atoms with Crippen LogP contribution in [0.5, 0.6) is 0 Å². The van der Waals surface area contributed by atoms with Crippen LogP contribution in [0.15, 0.2) is 77.7 Å². The molecule has 1 aliphatic rings. The minimum atomic E-state index is -0.614. The molecule has 0 aromatic heterocycles. The fourth-order valence-corrected chi connectivity index (χ4v) is 5.80. The highest BCUT2D eigenvalue weighted by Gasteiger charge is 2.38. The monoisotopic (exact) mass is 621 g/mol. The molecule has 0 radical (unpaired) electrons. The van der Waals surface area contributed by atoms with Gasteiger partial charge in [-0.25, -0.2) is 4.79 Å². The zero-order valence-electron chi connectivity index (χ0n) is 25.1. The number of ether oxygens (including phenoxy) is 3. The maximum absolute atomic E-state index is 12.0. The Morgan fingerprint density at radius 2 is 1.55 bits per heavy atom. The third-order valence-electron chi connectivity index (χ3n) is 7.12. The molecule has 4 rings (SSSR count). The van der Waals surface area contributed by atoms with E-state index >= 15 is 0 Å². The lowest BCUT2D eigenvalue weighted by atomic mass is 9.91. The summed E-state index contributed by atoms with van der Waals surface area (Å²) in [5.41, 5.74) is 4.31. The van der Waals surface area contributed by atoms with E-state index in [2.05, 4.69) is 22.9 Å². The summed E-state index contributed by atoms with van der Waals surface area (Å²) in [7, 11) is 0. The molecule has 234 valence electrons. The third kappa shape index (κ3) is 9.55. The summed E-state index contributed by atoms with van der Waals surface area (Å²) in [6, 6.07) is 22.7. The van der Waals surface area contributed by atoms with Crippen LogP contribution < -0.4 is 16.0 Å². The fourth-order valence-electron chi connectivity index (χ4n) is 4.73. The number of aliphatic hydroxyl groups excluding tert-OH is 1. The normalized spacial score (nSPS) is 19.5. The van der Waals surface area contributed by atoms with Gasteiger partial charge in [-0.15, -0.1) is 11.8 Å². The molecular weight excluding hydrogens is 582 g/mol. The summed E-state index contributed by atoms with van der Waals surface area (Å²) in [5, 5.41) is 17.5. The van der Waals surface area contributed by atoms with E-state index in [1.54, 1.807) is 18.7 Å². The van der Waals surface area contributed by atoms with Crippen LogP contribution in [0, 0.1) is 5.92 Å². The first-order chi connectivity index (χ1) is 21.2. The summed E-state index contributed by atoms with van der Waals surface area (Å²) in [6.07, 6.45) is -0.990. The van der Waals surface area contributed by atoms with Gasteiger partial charge < -0.3 is 35.3 Å². The van der Waals surface area contributed by atoms with Crippen molar-refractivity contribution in [1.82, 2.24) is 10.6 Å². The van der Waals surface area contributed by atoms with Gasteiger partial charge in [-0.1, -0.05) is 55.5 Å². The number of amides is 3. The number of esters is 1. The van der Waals surface area contributed by atoms with Crippen molar-refractivity contribution in [3.63, 3.8) is 0 Å². The standard InChI is InChI=1S/C33H39N3O7S/c1-4-41-30(39)18-35-33(40)34-17-23-5-11-26(12-6-23)32-42-29(20-44-28-15-13-27(14-16-28)36-22(3)38)21(2)31(43-32)25-9-7-24(19-37)8-10-25/h5-16,21,29,31-32,37H,4,17-20H2,1-3H3,(H,36,38)(H2,34,35,40). The lowest BCUT2D eigenvalue weighted by molar-refractivity contribution is -0.268. The minimum Gasteiger partial charge on any atom is -0.465 e. The second-order valence-electron chi connectivity index (χ2n) is 10.4. The number of anilines is 1. The maximum atomic E-state index is 12.0. The van der Waals surface area contributed by atoms with Crippen molar-refractivity contribution in [2.75, 3.05) is 24.2 Å². The van der Waals surface area contributed by atoms with E-state index in [0.29, 0.717) is 5.75 Å². The Kier molecular flexibility index (Phi) is 12.2. The molecule has 1 aliphatic heterocycles. The fraction of sp³-hybridized carbons (Fsp3) is 0.364. The van der Waals surface area contributed by atoms with Crippen LogP contribution in [-0.2, 0) is 37.0 Å². The van der Waals surface area contributed by atoms with Crippen LogP contribution in [-0.4, -0.2) is 48.0 Å². The molecule has 0 bridgehead atoms. The minimum absolute atomic E-state index is 0.0264. The van der Waals surface area contributed by atoms with Crippen LogP contribution in [0.4, 0.5) is 10.5 Å². The van der Waals surface area contributed by atoms with Gasteiger partial charge in [0.05, 0.1) is 25.4 Å². The number of hydrogen-bond donors (Lipinski definition) is 4. The number of aliphatic hydroxyl groups is 1. The number of carbonyl (C=O) groups excluding carboxylic acids is 3. The molecule has 3 aromatic rings. The molecule has 44 heavy (non-hydrogen) atoms. The van der Waals surface area contributed by atoms with Crippen LogP contribution in [0.3, 0.4) is 0 Å². The van der Waals surface area contributed by atoms with Gasteiger partial charge in [-0.05, 0) is 47.9 Å². The highest BCUT2D eigenvalue weighted by atomic mass is 32.2. The first kappa shape index (κ1) is 33.0. The molecule has 4 atom stereocenters. The van der Waals surface area contributed by atoms with Crippen molar-refractivity contribution < 1.29 is 33.7 Å². The second-order valence-corrected chi connectivity index (χ2v) is 11.5. The predicted molar refractivity (Wildman–Crippen MR) is 168 cm³/mol. The molecule has 1 saturated heterocycles. The van der Waals surface area contributed by atoms with Gasteiger partial charge in [-0.3, -0.25) is 9.59 Å². The van der Waals surface area contributed by atoms with E-state index in [1.807, 2.05) is 72.8 Å². The van der Waals surface area contributed by atoms with Crippen molar-refractivity contribution in [3.8, 4) is 0 Å². The molecule has 1 heterocycles. The zero-order valence-corrected chi connectivity index (χ0v) is 25.9. The Bertz CT molecular complexity index is 1380. The highest BCUT2D eigenvalue weighted by Crippen LogP contribution is 2.43. The Hall–Kier alpha value is -3.90. The molecular formula is C33H39N3O7S. The number of benzene rings is 3. The van der Waals surface area contributed by atoms with Crippen LogP contribution in [0.2, 0.25) is 0 Å².